The molecule has 3 rings (SSSR count). The summed E-state index contributed by atoms with van der Waals surface area (Å²) < 4.78 is 25.0. The Bertz CT molecular complexity index is 936. The van der Waals surface area contributed by atoms with Crippen LogP contribution in [0.1, 0.15) is 23.4 Å². The van der Waals surface area contributed by atoms with Gasteiger partial charge in [-0.2, -0.15) is 5.10 Å². The van der Waals surface area contributed by atoms with Crippen molar-refractivity contribution in [3.8, 4) is 5.69 Å². The van der Waals surface area contributed by atoms with Crippen LogP contribution in [0.2, 0.25) is 10.0 Å². The van der Waals surface area contributed by atoms with E-state index in [2.05, 4.69) is 10.5 Å². The zero-order valence-corrected chi connectivity index (χ0v) is 16.3. The number of halogens is 2. The average molecular weight is 400 g/mol. The van der Waals surface area contributed by atoms with Crippen LogP contribution in [-0.2, 0) is 9.84 Å². The molecule has 0 aliphatic carbocycles. The molecule has 8 heteroatoms. The Labute approximate surface area is 157 Å². The largest absolute Gasteiger partial charge is 0.316 e. The van der Waals surface area contributed by atoms with Crippen molar-refractivity contribution in [2.45, 2.75) is 26.3 Å². The molecule has 1 saturated heterocycles. The number of hydrazone groups is 1. The number of rotatable bonds is 4. The molecule has 0 saturated carbocycles. The van der Waals surface area contributed by atoms with Crippen molar-refractivity contribution in [1.82, 2.24) is 9.99 Å². The molecule has 1 N–H and O–H groups in total. The van der Waals surface area contributed by atoms with E-state index < -0.39 is 9.84 Å². The van der Waals surface area contributed by atoms with Crippen LogP contribution in [0.25, 0.3) is 5.69 Å². The molecule has 2 aromatic rings. The fraction of sp³-hybridized carbons (Fsp3) is 0.353. The summed E-state index contributed by atoms with van der Waals surface area (Å²) in [5.74, 6) is 0.365. The molecule has 2 heterocycles. The van der Waals surface area contributed by atoms with Gasteiger partial charge in [-0.25, -0.2) is 8.42 Å². The molecule has 1 fully saturated rings. The number of nitrogens with zero attached hydrogens (tertiary/aromatic N) is 2. The summed E-state index contributed by atoms with van der Waals surface area (Å²) in [6.45, 7) is 3.96. The van der Waals surface area contributed by atoms with Gasteiger partial charge in [0.1, 0.15) is 0 Å². The van der Waals surface area contributed by atoms with Gasteiger partial charge in [0, 0.05) is 22.0 Å². The fourth-order valence-corrected chi connectivity index (χ4v) is 5.09. The Morgan fingerprint density at radius 3 is 2.72 bits per heavy atom. The molecule has 0 radical (unpaired) electrons. The van der Waals surface area contributed by atoms with E-state index in [9.17, 15) is 8.42 Å². The van der Waals surface area contributed by atoms with Crippen LogP contribution in [0, 0.1) is 13.8 Å². The summed E-state index contributed by atoms with van der Waals surface area (Å²) in [7, 11) is -2.91. The first kappa shape index (κ1) is 18.3. The highest BCUT2D eigenvalue weighted by Crippen LogP contribution is 2.28. The van der Waals surface area contributed by atoms with E-state index in [1.807, 2.05) is 30.5 Å². The van der Waals surface area contributed by atoms with Crippen molar-refractivity contribution >= 4 is 39.3 Å². The summed E-state index contributed by atoms with van der Waals surface area (Å²) in [6.07, 6.45) is 2.30. The third-order valence-electron chi connectivity index (χ3n) is 4.31. The van der Waals surface area contributed by atoms with Gasteiger partial charge in [0.05, 0.1) is 34.5 Å². The molecule has 25 heavy (non-hydrogen) atoms. The summed E-state index contributed by atoms with van der Waals surface area (Å²) in [5.41, 5.74) is 6.67. The molecular weight excluding hydrogens is 381 g/mol. The summed E-state index contributed by atoms with van der Waals surface area (Å²) >= 11 is 12.4. The molecule has 1 atom stereocenters. The third-order valence-corrected chi connectivity index (χ3v) is 6.64. The highest BCUT2D eigenvalue weighted by Gasteiger charge is 2.27. The van der Waals surface area contributed by atoms with Gasteiger partial charge >= 0.3 is 0 Å². The maximum absolute atomic E-state index is 11.5. The zero-order valence-electron chi connectivity index (χ0n) is 14.0. The number of benzene rings is 1. The molecule has 134 valence electrons. The Kier molecular flexibility index (Phi) is 5.14. The van der Waals surface area contributed by atoms with Gasteiger partial charge in [-0.3, -0.25) is 0 Å². The predicted molar refractivity (Wildman–Crippen MR) is 103 cm³/mol. The molecule has 0 bridgehead atoms. The first-order chi connectivity index (χ1) is 11.8. The van der Waals surface area contributed by atoms with Crippen LogP contribution < -0.4 is 5.43 Å². The normalized spacial score (nSPS) is 19.6. The van der Waals surface area contributed by atoms with Crippen molar-refractivity contribution < 1.29 is 8.42 Å². The second kappa shape index (κ2) is 7.02. The van der Waals surface area contributed by atoms with Crippen molar-refractivity contribution in [2.24, 2.45) is 5.10 Å². The number of aromatic nitrogens is 1. The second-order valence-electron chi connectivity index (χ2n) is 6.24. The van der Waals surface area contributed by atoms with Gasteiger partial charge in [-0.05, 0) is 44.5 Å². The molecule has 1 unspecified atom stereocenters. The Balaban J connectivity index is 1.83. The minimum atomic E-state index is -2.91. The van der Waals surface area contributed by atoms with Crippen molar-refractivity contribution in [3.05, 3.63) is 51.3 Å². The highest BCUT2D eigenvalue weighted by atomic mass is 35.5. The lowest BCUT2D eigenvalue weighted by Crippen LogP contribution is -2.25. The van der Waals surface area contributed by atoms with E-state index >= 15 is 0 Å². The van der Waals surface area contributed by atoms with Gasteiger partial charge in [0.15, 0.2) is 9.84 Å². The highest BCUT2D eigenvalue weighted by molar-refractivity contribution is 7.91. The van der Waals surface area contributed by atoms with Gasteiger partial charge in [0.2, 0.25) is 0 Å². The molecular formula is C17H19Cl2N3O2S. The van der Waals surface area contributed by atoms with Crippen LogP contribution >= 0.6 is 23.2 Å². The minimum Gasteiger partial charge on any atom is -0.316 e. The molecule has 1 aromatic carbocycles. The first-order valence-electron chi connectivity index (χ1n) is 7.90. The van der Waals surface area contributed by atoms with Gasteiger partial charge in [-0.15, -0.1) is 0 Å². The van der Waals surface area contributed by atoms with Crippen LogP contribution in [-0.4, -0.2) is 36.7 Å². The minimum absolute atomic E-state index is 0.118. The Morgan fingerprint density at radius 2 is 2.04 bits per heavy atom. The number of aryl methyl sites for hydroxylation is 1. The second-order valence-corrected chi connectivity index (χ2v) is 9.32. The van der Waals surface area contributed by atoms with Crippen molar-refractivity contribution in [2.75, 3.05) is 11.5 Å². The van der Waals surface area contributed by atoms with Gasteiger partial charge < -0.3 is 9.99 Å². The maximum Gasteiger partial charge on any atom is 0.152 e. The lowest BCUT2D eigenvalue weighted by Gasteiger charge is -2.12. The van der Waals surface area contributed by atoms with E-state index in [0.29, 0.717) is 16.5 Å². The fourth-order valence-electron chi connectivity index (χ4n) is 3.06. The number of hydrogen-bond acceptors (Lipinski definition) is 4. The quantitative estimate of drug-likeness (QED) is 0.631. The topological polar surface area (TPSA) is 63.5 Å². The zero-order chi connectivity index (χ0) is 18.2. The summed E-state index contributed by atoms with van der Waals surface area (Å²) in [5, 5.41) is 5.46. The molecule has 1 aliphatic heterocycles. The Morgan fingerprint density at radius 1 is 1.28 bits per heavy atom. The molecule has 0 spiro atoms. The van der Waals surface area contributed by atoms with Crippen LogP contribution in [0.3, 0.4) is 0 Å². The average Bonchev–Trinajstić information content (AvgIpc) is 3.02. The third kappa shape index (κ3) is 4.02. The van der Waals surface area contributed by atoms with Crippen molar-refractivity contribution in [3.63, 3.8) is 0 Å². The predicted octanol–water partition coefficient (Wildman–Crippen LogP) is 3.51. The smallest absolute Gasteiger partial charge is 0.152 e. The van der Waals surface area contributed by atoms with Crippen LogP contribution in [0.5, 0.6) is 0 Å². The molecule has 5 nitrogen and oxygen atoms in total. The van der Waals surface area contributed by atoms with Crippen LogP contribution in [0.4, 0.5) is 0 Å². The van der Waals surface area contributed by atoms with Crippen molar-refractivity contribution in [1.29, 1.82) is 0 Å². The number of nitrogens with one attached hydrogen (secondary N) is 1. The van der Waals surface area contributed by atoms with E-state index in [-0.39, 0.29) is 17.5 Å². The van der Waals surface area contributed by atoms with Crippen LogP contribution in [0.15, 0.2) is 29.4 Å². The van der Waals surface area contributed by atoms with E-state index in [1.165, 1.54) is 0 Å². The number of sulfone groups is 1. The van der Waals surface area contributed by atoms with Gasteiger partial charge in [-0.1, -0.05) is 23.2 Å². The van der Waals surface area contributed by atoms with E-state index in [0.717, 1.165) is 22.6 Å². The lowest BCUT2D eigenvalue weighted by atomic mass is 10.2. The first-order valence-corrected chi connectivity index (χ1v) is 10.5. The lowest BCUT2D eigenvalue weighted by molar-refractivity contribution is 0.578. The van der Waals surface area contributed by atoms with Gasteiger partial charge in [0.25, 0.3) is 0 Å². The summed E-state index contributed by atoms with van der Waals surface area (Å²) in [4.78, 5) is 0. The molecule has 0 amide bonds. The molecule has 1 aliphatic rings. The standard InChI is InChI=1S/C17H19Cl2N3O2S/c1-11-7-13(9-20-21-15-5-6-25(23,24)10-15)12(2)22(11)17-8-14(18)3-4-16(17)19/h3-4,7-9,15,21H,5-6,10H2,1-2H3/b20-9+. The summed E-state index contributed by atoms with van der Waals surface area (Å²) in [6, 6.07) is 7.24. The Hall–Kier alpha value is -1.50. The molecule has 1 aromatic heterocycles. The monoisotopic (exact) mass is 399 g/mol. The number of hydrogen-bond donors (Lipinski definition) is 1. The maximum atomic E-state index is 11.5. The van der Waals surface area contributed by atoms with E-state index in [4.69, 9.17) is 23.2 Å². The van der Waals surface area contributed by atoms with E-state index in [1.54, 1.807) is 18.3 Å². The SMILES string of the molecule is Cc1cc(/C=N/NC2CCS(=O)(=O)C2)c(C)n1-c1cc(Cl)ccc1Cl.